The highest BCUT2D eigenvalue weighted by molar-refractivity contribution is 5.92. The van der Waals surface area contributed by atoms with Crippen LogP contribution in [0.5, 0.6) is 0 Å². The molecule has 18 unspecified atom stereocenters. The number of carbonyl (C=O) groups is 3. The summed E-state index contributed by atoms with van der Waals surface area (Å²) in [4.78, 5) is 46.1. The summed E-state index contributed by atoms with van der Waals surface area (Å²) < 4.78 is 33.1. The van der Waals surface area contributed by atoms with Crippen molar-refractivity contribution in [2.75, 3.05) is 26.4 Å². The summed E-state index contributed by atoms with van der Waals surface area (Å²) >= 11 is 0. The number of hydrogen-bond donors (Lipinski definition) is 4. The van der Waals surface area contributed by atoms with Gasteiger partial charge in [-0.1, -0.05) is 32.8 Å². The maximum absolute atomic E-state index is 15.1. The molecule has 326 valence electrons. The zero-order chi connectivity index (χ0) is 41.5. The Hall–Kier alpha value is -2.81. The molecule has 1 aromatic heterocycles. The number of ether oxygens (including phenoxy) is 4. The lowest BCUT2D eigenvalue weighted by Gasteiger charge is -2.68. The number of nitrogens with one attached hydrogen (secondary N) is 1. The van der Waals surface area contributed by atoms with Crippen molar-refractivity contribution in [1.29, 1.82) is 0 Å². The second-order valence-electron chi connectivity index (χ2n) is 22.4. The molecule has 60 heavy (non-hydrogen) atoms. The highest BCUT2D eigenvalue weighted by Gasteiger charge is 2.93. The minimum atomic E-state index is -1.46. The van der Waals surface area contributed by atoms with Gasteiger partial charge in [0.25, 0.3) is 0 Å². The number of fused-ring (bicyclic) bond motifs is 4. The van der Waals surface area contributed by atoms with Crippen LogP contribution in [0, 0.1) is 69.0 Å². The molecule has 4 N–H and O–H groups in total. The van der Waals surface area contributed by atoms with Crippen LogP contribution in [0.3, 0.4) is 0 Å². The van der Waals surface area contributed by atoms with E-state index in [2.05, 4.69) is 29.4 Å². The lowest BCUT2D eigenvalue weighted by molar-refractivity contribution is -0.266. The molecule has 5 aliphatic carbocycles. The summed E-state index contributed by atoms with van der Waals surface area (Å²) in [5.41, 5.74) is -4.99. The monoisotopic (exact) mass is 830 g/mol. The second kappa shape index (κ2) is 12.5. The van der Waals surface area contributed by atoms with Crippen LogP contribution in [0.25, 0.3) is 0 Å². The van der Waals surface area contributed by atoms with Crippen molar-refractivity contribution in [2.24, 2.45) is 69.0 Å². The Balaban J connectivity index is 0.951. The first-order valence-corrected chi connectivity index (χ1v) is 23.1. The summed E-state index contributed by atoms with van der Waals surface area (Å²) in [6.07, 6.45) is 9.59. The number of ketones is 1. The Labute approximate surface area is 351 Å². The van der Waals surface area contributed by atoms with E-state index in [0.29, 0.717) is 42.0 Å². The van der Waals surface area contributed by atoms with Crippen LogP contribution in [0.1, 0.15) is 103 Å². The molecule has 1 aromatic rings. The van der Waals surface area contributed by atoms with Crippen molar-refractivity contribution in [3.05, 3.63) is 35.9 Å². The molecule has 0 radical (unpaired) electrons. The predicted molar refractivity (Wildman–Crippen MR) is 211 cm³/mol. The van der Waals surface area contributed by atoms with E-state index in [-0.39, 0.29) is 48.6 Å². The van der Waals surface area contributed by atoms with Gasteiger partial charge in [-0.05, 0) is 112 Å². The molecule has 11 aliphatic rings. The number of rotatable bonds is 6. The third kappa shape index (κ3) is 4.48. The van der Waals surface area contributed by atoms with Gasteiger partial charge < -0.3 is 43.6 Å². The Bertz CT molecular complexity index is 2040. The van der Waals surface area contributed by atoms with Crippen LogP contribution in [-0.2, 0) is 39.8 Å². The molecule has 6 aliphatic heterocycles. The molecule has 3 spiro atoms. The molecule has 13 heteroatoms. The number of epoxide rings is 1. The van der Waals surface area contributed by atoms with Crippen molar-refractivity contribution < 1.29 is 53.1 Å². The van der Waals surface area contributed by atoms with E-state index in [0.717, 1.165) is 64.6 Å². The third-order valence-electron chi connectivity index (χ3n) is 19.8. The van der Waals surface area contributed by atoms with Crippen LogP contribution in [-0.4, -0.2) is 106 Å². The summed E-state index contributed by atoms with van der Waals surface area (Å²) in [5, 5.41) is 38.3. The Morgan fingerprint density at radius 1 is 1.02 bits per heavy atom. The number of hydrogen-bond acceptors (Lipinski definition) is 13. The minimum Gasteiger partial charge on any atom is -0.469 e. The standard InChI is InChI=1S/C47H62N2O11/c1-42(2)35-33(52)36(53)44(4)34-25(18-45(11-5-6-12-45)32-38(59-42)46(34,35)21-57-40(32)54)17-43(3)37(58-41(55)39-47(43,44)60-39)27-10-14-56-31(27)16-28(30(51)20-50)23-7-8-26-24(15-23)9-13-49-22-48-19-29(26)49/h9-10,13-14,23-26,28-30,32,34-39,48,50-51,53H,5-8,11-12,15-22H2,1-4H3. The normalized spacial score (nSPS) is 50.7. The number of allylic oxidation sites excluding steroid dienone is 1. The molecule has 5 saturated carbocycles. The van der Waals surface area contributed by atoms with Crippen LogP contribution < -0.4 is 5.32 Å². The number of nitrogens with zero attached hydrogens (tertiary/aromatic N) is 1. The zero-order valence-electron chi connectivity index (χ0n) is 35.3. The Morgan fingerprint density at radius 3 is 2.60 bits per heavy atom. The molecule has 10 fully saturated rings. The fourth-order valence-corrected chi connectivity index (χ4v) is 18.0. The average molecular weight is 831 g/mol. The summed E-state index contributed by atoms with van der Waals surface area (Å²) in [7, 11) is 0. The number of aliphatic hydroxyl groups excluding tert-OH is 3. The average Bonchev–Trinajstić information content (AvgIpc) is 3.59. The second-order valence-corrected chi connectivity index (χ2v) is 22.4. The van der Waals surface area contributed by atoms with Gasteiger partial charge in [0.1, 0.15) is 30.2 Å². The molecule has 13 nitrogen and oxygen atoms in total. The van der Waals surface area contributed by atoms with Crippen molar-refractivity contribution in [3.63, 3.8) is 0 Å². The fourth-order valence-electron chi connectivity index (χ4n) is 18.0. The number of esters is 2. The summed E-state index contributed by atoms with van der Waals surface area (Å²) in [6, 6.07) is 2.35. The van der Waals surface area contributed by atoms with Crippen molar-refractivity contribution in [2.45, 2.75) is 140 Å². The van der Waals surface area contributed by atoms with E-state index in [1.54, 1.807) is 6.26 Å². The summed E-state index contributed by atoms with van der Waals surface area (Å²) in [5.74, 6) is -1.39. The number of furan rings is 1. The van der Waals surface area contributed by atoms with Crippen LogP contribution in [0.15, 0.2) is 29.0 Å². The van der Waals surface area contributed by atoms with Crippen molar-refractivity contribution in [1.82, 2.24) is 10.2 Å². The highest BCUT2D eigenvalue weighted by atomic mass is 16.7. The van der Waals surface area contributed by atoms with Gasteiger partial charge in [-0.25, -0.2) is 4.79 Å². The number of carbonyl (C=O) groups excluding carboxylic acids is 3. The molecule has 7 heterocycles. The molecule has 18 atom stereocenters. The van der Waals surface area contributed by atoms with Gasteiger partial charge in [0.2, 0.25) is 0 Å². The first-order valence-electron chi connectivity index (χ1n) is 23.1. The predicted octanol–water partition coefficient (Wildman–Crippen LogP) is 3.83. The summed E-state index contributed by atoms with van der Waals surface area (Å²) in [6.45, 7) is 9.47. The maximum Gasteiger partial charge on any atom is 0.339 e. The van der Waals surface area contributed by atoms with E-state index in [1.807, 2.05) is 26.8 Å². The molecular weight excluding hydrogens is 769 g/mol. The number of aliphatic hydroxyl groups is 3. The van der Waals surface area contributed by atoms with Gasteiger partial charge in [0.05, 0.1) is 49.2 Å². The van der Waals surface area contributed by atoms with E-state index < -0.39 is 81.2 Å². The number of cyclic esters (lactones) is 2. The van der Waals surface area contributed by atoms with Crippen molar-refractivity contribution in [3.8, 4) is 0 Å². The molecule has 0 amide bonds. The molecule has 12 rings (SSSR count). The largest absolute Gasteiger partial charge is 0.469 e. The van der Waals surface area contributed by atoms with Gasteiger partial charge in [0.15, 0.2) is 11.9 Å². The van der Waals surface area contributed by atoms with Gasteiger partial charge in [-0.3, -0.25) is 14.9 Å². The molecular formula is C47H62N2O11. The first-order chi connectivity index (χ1) is 28.7. The molecule has 0 aromatic carbocycles. The lowest BCUT2D eigenvalue weighted by Crippen LogP contribution is -2.77. The van der Waals surface area contributed by atoms with Crippen molar-refractivity contribution >= 4 is 17.7 Å². The fraction of sp³-hybridized carbons (Fsp3) is 0.809. The van der Waals surface area contributed by atoms with Gasteiger partial charge in [0, 0.05) is 40.8 Å². The molecule has 5 saturated heterocycles. The SMILES string of the molecule is CC1(C)OC2C3C(=O)OCC24C1C(=O)C(O)C1(C)C4C(CC32CCCC2)CC2(C)C(c3ccoc3CC(C(O)CO)C3CCC4C(C=CN5CNCC45)C3)OC(=O)C3OC321. The topological polar surface area (TPSA) is 181 Å². The lowest BCUT2D eigenvalue weighted by atomic mass is 9.34. The van der Waals surface area contributed by atoms with Gasteiger partial charge in [-0.2, -0.15) is 0 Å². The maximum atomic E-state index is 15.1. The van der Waals surface area contributed by atoms with Crippen LogP contribution in [0.2, 0.25) is 0 Å². The first kappa shape index (κ1) is 38.8. The Kier molecular flexibility index (Phi) is 8.07. The smallest absolute Gasteiger partial charge is 0.339 e. The quantitative estimate of drug-likeness (QED) is 0.240. The van der Waals surface area contributed by atoms with E-state index in [4.69, 9.17) is 23.4 Å². The minimum absolute atomic E-state index is 0.0343. The Morgan fingerprint density at radius 2 is 1.82 bits per heavy atom. The number of Topliss-reactive ketones (excluding diaryl/α,β-unsaturated/α-hetero) is 1. The van der Waals surface area contributed by atoms with E-state index >= 15 is 4.79 Å². The molecule has 2 bridgehead atoms. The van der Waals surface area contributed by atoms with E-state index in [9.17, 15) is 24.9 Å². The van der Waals surface area contributed by atoms with Gasteiger partial charge >= 0.3 is 11.9 Å². The van der Waals surface area contributed by atoms with Crippen LogP contribution in [0.4, 0.5) is 0 Å². The van der Waals surface area contributed by atoms with Gasteiger partial charge in [-0.15, -0.1) is 0 Å². The highest BCUT2D eigenvalue weighted by Crippen LogP contribution is 2.83. The zero-order valence-corrected chi connectivity index (χ0v) is 35.3. The van der Waals surface area contributed by atoms with E-state index in [1.165, 1.54) is 0 Å². The third-order valence-corrected chi connectivity index (χ3v) is 19.8. The van der Waals surface area contributed by atoms with Crippen LogP contribution >= 0.6 is 0 Å².